The molecule has 1 aliphatic heterocycles. The number of halogens is 1. The summed E-state index contributed by atoms with van der Waals surface area (Å²) < 4.78 is 41.6. The first-order chi connectivity index (χ1) is 48.4. The van der Waals surface area contributed by atoms with Gasteiger partial charge in [-0.25, -0.2) is 29.5 Å². The molecule has 1 aliphatic rings. The average molecular weight is 1410 g/mol. The highest BCUT2D eigenvalue weighted by molar-refractivity contribution is 7.19. The third-order valence-corrected chi connectivity index (χ3v) is 17.9. The zero-order valence-corrected chi connectivity index (χ0v) is 58.6. The SMILES string of the molecule is CC#Cc1sc2ncnc(O[C@H](Cc3ccccc3OCc3ccnc(-c4ccccc4OC)n3)C(=O)O)c2c1-c1ccc(OCCN2CC[N+](C)(Cc3ccc(NC(=O)[C@H](CCCNC(N)=O)NC(=O)[C@@H](NC(=O)COCCOCCOCCN=[N+]=[N-])C(C)C)cc3)CC2)c(Cl)c1CC. The van der Waals surface area contributed by atoms with Gasteiger partial charge < -0.3 is 69.7 Å². The summed E-state index contributed by atoms with van der Waals surface area (Å²) in [4.78, 5) is 89.6. The van der Waals surface area contributed by atoms with Gasteiger partial charge in [-0.05, 0) is 96.8 Å². The number of nitrogens with two attached hydrogens (primary N) is 1. The van der Waals surface area contributed by atoms with Gasteiger partial charge in [0, 0.05) is 67.1 Å². The molecule has 4 aromatic carbocycles. The molecule has 1 saturated heterocycles. The van der Waals surface area contributed by atoms with E-state index in [2.05, 4.69) is 70.0 Å². The predicted octanol–water partition coefficient (Wildman–Crippen LogP) is 8.78. The van der Waals surface area contributed by atoms with E-state index in [0.29, 0.717) is 98.3 Å². The summed E-state index contributed by atoms with van der Waals surface area (Å²) in [6, 6.07) is 25.1. The Morgan fingerprint density at radius 1 is 0.860 bits per heavy atom. The minimum atomic E-state index is -1.39. The molecule has 0 unspecified atom stereocenters. The second kappa shape index (κ2) is 38.6. The number of aromatic nitrogens is 4. The minimum absolute atomic E-state index is 0.0633. The Labute approximate surface area is 590 Å². The molecular weight excluding hydrogens is 1320 g/mol. The molecular formula is C71H86ClN14O13S+. The van der Waals surface area contributed by atoms with E-state index in [1.54, 1.807) is 52.3 Å². The van der Waals surface area contributed by atoms with Gasteiger partial charge in [-0.2, -0.15) is 0 Å². The Balaban J connectivity index is 0.840. The number of carbonyl (C=O) groups is 5. The lowest BCUT2D eigenvalue weighted by Crippen LogP contribution is -2.57. The number of fused-ring (bicyclic) bond motifs is 1. The third kappa shape index (κ3) is 22.2. The molecule has 4 heterocycles. The number of carboxylic acids is 1. The van der Waals surface area contributed by atoms with E-state index in [1.165, 1.54) is 17.7 Å². The number of amides is 5. The van der Waals surface area contributed by atoms with Crippen LogP contribution in [0.2, 0.25) is 5.02 Å². The monoisotopic (exact) mass is 1410 g/mol. The molecule has 3 aromatic heterocycles. The number of thiophene rings is 1. The lowest BCUT2D eigenvalue weighted by Gasteiger charge is -2.42. The quantitative estimate of drug-likeness (QED) is 0.00523. The molecule has 0 spiro atoms. The topological polar surface area (TPSA) is 348 Å². The highest BCUT2D eigenvalue weighted by atomic mass is 35.5. The van der Waals surface area contributed by atoms with Crippen LogP contribution in [0.4, 0.5) is 10.5 Å². The van der Waals surface area contributed by atoms with Crippen molar-refractivity contribution in [3.05, 3.63) is 146 Å². The molecule has 27 nitrogen and oxygen atoms in total. The number of methoxy groups -OCH3 is 1. The van der Waals surface area contributed by atoms with E-state index in [0.717, 1.165) is 59.5 Å². The molecule has 5 amide bonds. The Kier molecular flexibility index (Phi) is 29.4. The Bertz CT molecular complexity index is 4030. The number of ether oxygens (including phenoxy) is 7. The van der Waals surface area contributed by atoms with E-state index in [-0.39, 0.29) is 77.4 Å². The predicted molar refractivity (Wildman–Crippen MR) is 379 cm³/mol. The number of carbonyl (C=O) groups excluding carboxylic acids is 4. The van der Waals surface area contributed by atoms with Crippen LogP contribution in [-0.2, 0) is 59.4 Å². The molecule has 0 radical (unpaired) electrons. The second-order valence-electron chi connectivity index (χ2n) is 24.0. The molecule has 8 rings (SSSR count). The van der Waals surface area contributed by atoms with E-state index in [4.69, 9.17) is 61.0 Å². The van der Waals surface area contributed by atoms with Gasteiger partial charge in [0.05, 0.1) is 86.8 Å². The number of quaternary nitrogens is 1. The number of benzene rings is 4. The van der Waals surface area contributed by atoms with Gasteiger partial charge in [0.15, 0.2) is 5.82 Å². The fourth-order valence-corrected chi connectivity index (χ4v) is 12.6. The van der Waals surface area contributed by atoms with E-state index >= 15 is 0 Å². The largest absolute Gasteiger partial charge is 0.496 e. The number of primary amides is 1. The first-order valence-corrected chi connectivity index (χ1v) is 34.1. The summed E-state index contributed by atoms with van der Waals surface area (Å²) in [7, 11) is 3.82. The van der Waals surface area contributed by atoms with Crippen LogP contribution >= 0.6 is 22.9 Å². The number of rotatable bonds is 39. The highest BCUT2D eigenvalue weighted by Gasteiger charge is 2.33. The number of aliphatic carboxylic acids is 1. The number of carboxylic acid groups (broad SMARTS) is 1. The van der Waals surface area contributed by atoms with E-state index in [9.17, 15) is 29.1 Å². The Hall–Kier alpha value is -9.69. The zero-order chi connectivity index (χ0) is 71.4. The zero-order valence-electron chi connectivity index (χ0n) is 57.0. The number of nitrogens with one attached hydrogen (secondary N) is 4. The highest BCUT2D eigenvalue weighted by Crippen LogP contribution is 2.46. The van der Waals surface area contributed by atoms with Gasteiger partial charge in [-0.3, -0.25) is 19.3 Å². The molecule has 1 fully saturated rings. The first-order valence-electron chi connectivity index (χ1n) is 32.9. The maximum absolute atomic E-state index is 13.9. The summed E-state index contributed by atoms with van der Waals surface area (Å²) in [6.07, 6.45) is 2.56. The summed E-state index contributed by atoms with van der Waals surface area (Å²) in [5.41, 5.74) is 19.4. The van der Waals surface area contributed by atoms with Crippen LogP contribution in [-0.4, -0.2) is 189 Å². The van der Waals surface area contributed by atoms with Crippen LogP contribution in [0.3, 0.4) is 0 Å². The molecule has 0 bridgehead atoms. The number of para-hydroxylation sites is 2. The van der Waals surface area contributed by atoms with Crippen LogP contribution in [0, 0.1) is 17.8 Å². The van der Waals surface area contributed by atoms with E-state index in [1.807, 2.05) is 79.7 Å². The minimum Gasteiger partial charge on any atom is -0.496 e. The van der Waals surface area contributed by atoms with Crippen molar-refractivity contribution in [2.45, 2.75) is 84.7 Å². The number of hydrogen-bond donors (Lipinski definition) is 6. The van der Waals surface area contributed by atoms with Crippen LogP contribution in [0.25, 0.3) is 43.2 Å². The van der Waals surface area contributed by atoms with Gasteiger partial charge in [0.2, 0.25) is 29.7 Å². The van der Waals surface area contributed by atoms with Crippen LogP contribution in [0.15, 0.2) is 109 Å². The third-order valence-electron chi connectivity index (χ3n) is 16.5. The van der Waals surface area contributed by atoms with Crippen molar-refractivity contribution in [3.8, 4) is 57.5 Å². The molecule has 530 valence electrons. The summed E-state index contributed by atoms with van der Waals surface area (Å²) in [6.45, 7) is 13.8. The summed E-state index contributed by atoms with van der Waals surface area (Å²) in [5, 5.41) is 26.0. The van der Waals surface area contributed by atoms with Crippen molar-refractivity contribution >= 4 is 68.6 Å². The molecule has 7 N–H and O–H groups in total. The summed E-state index contributed by atoms with van der Waals surface area (Å²) >= 11 is 8.64. The smallest absolute Gasteiger partial charge is 0.345 e. The fraction of sp³-hybridized carbons (Fsp3) is 0.423. The van der Waals surface area contributed by atoms with Crippen LogP contribution in [0.1, 0.15) is 67.8 Å². The van der Waals surface area contributed by atoms with Crippen molar-refractivity contribution in [1.29, 1.82) is 0 Å². The fourth-order valence-electron chi connectivity index (χ4n) is 11.2. The van der Waals surface area contributed by atoms with Gasteiger partial charge in [-0.1, -0.05) is 91.9 Å². The molecule has 0 saturated carbocycles. The Morgan fingerprint density at radius 3 is 2.30 bits per heavy atom. The number of piperazine rings is 1. The number of hydrogen-bond acceptors (Lipinski definition) is 19. The normalized spacial score (nSPS) is 13.6. The molecule has 3 atom stereocenters. The number of anilines is 1. The van der Waals surface area contributed by atoms with Gasteiger partial charge >= 0.3 is 12.0 Å². The lowest BCUT2D eigenvalue weighted by atomic mass is 9.96. The molecule has 0 aliphatic carbocycles. The van der Waals surface area contributed by atoms with Crippen molar-refractivity contribution in [2.24, 2.45) is 16.8 Å². The van der Waals surface area contributed by atoms with Crippen molar-refractivity contribution in [2.75, 3.05) is 112 Å². The average Bonchev–Trinajstić information content (AvgIpc) is 1.56. The molecule has 100 heavy (non-hydrogen) atoms. The number of urea groups is 1. The number of likely N-dealkylation sites (N-methyl/N-ethyl adjacent to an activating group) is 1. The summed E-state index contributed by atoms with van der Waals surface area (Å²) in [5.74, 6) is 5.34. The van der Waals surface area contributed by atoms with Crippen LogP contribution in [0.5, 0.6) is 23.1 Å². The van der Waals surface area contributed by atoms with Crippen LogP contribution < -0.4 is 45.9 Å². The number of azide groups is 1. The number of nitrogens with zero attached hydrogens (tertiary/aromatic N) is 9. The molecule has 7 aromatic rings. The first kappa shape index (κ1) is 76.1. The van der Waals surface area contributed by atoms with Crippen molar-refractivity contribution < 1.29 is 66.7 Å². The second-order valence-corrected chi connectivity index (χ2v) is 25.4. The van der Waals surface area contributed by atoms with Gasteiger partial charge in [0.25, 0.3) is 0 Å². The van der Waals surface area contributed by atoms with Gasteiger partial charge in [-0.15, -0.1) is 17.3 Å². The molecule has 29 heteroatoms. The maximum atomic E-state index is 13.9. The maximum Gasteiger partial charge on any atom is 0.345 e. The standard InChI is InChI=1S/C71H85ClN14O13S/c1-7-14-59-61(62-68(77-45-78-69(62)100-59)99-58(70(90)91)41-48-15-9-11-18-55(48)98-43-50-26-28-75-65(80-50)53-16-10-12-19-56(53)93-6)52-24-25-57(63(72)51(52)8-2)97-36-32-85-30-33-86(5,34-31-85)42-47-20-22-49(23-21-47)81-66(88)54(17-13-27-76-71(73)92)82-67(89)64(46(3)4)83-60(87)44-96-40-39-95-38-37-94-35-29-79-84-74/h9-12,15-16,18-26,28,45-46,54,58,64H,8,13,17,27,29-44H2,1-6H3,(H6-,73,76,81,82,83,87,88,89,90,91,92)/p+1/t54-,58+,64-/m0/s1. The van der Waals surface area contributed by atoms with Gasteiger partial charge in [0.1, 0.15) is 66.9 Å². The Morgan fingerprint density at radius 2 is 1.59 bits per heavy atom. The van der Waals surface area contributed by atoms with Crippen molar-refractivity contribution in [1.82, 2.24) is 40.8 Å². The van der Waals surface area contributed by atoms with Crippen molar-refractivity contribution in [3.63, 3.8) is 0 Å². The van der Waals surface area contributed by atoms with E-state index < -0.39 is 47.9 Å². The lowest BCUT2D eigenvalue weighted by molar-refractivity contribution is -0.926.